The lowest BCUT2D eigenvalue weighted by Gasteiger charge is -2.34. The van der Waals surface area contributed by atoms with E-state index in [0.29, 0.717) is 6.54 Å². The molecule has 1 saturated heterocycles. The Labute approximate surface area is 128 Å². The molecule has 0 radical (unpaired) electrons. The molecule has 1 unspecified atom stereocenters. The molecule has 1 atom stereocenters. The zero-order valence-corrected chi connectivity index (χ0v) is 13.6. The number of rotatable bonds is 6. The smallest absolute Gasteiger partial charge is 0.318 e. The zero-order chi connectivity index (χ0) is 15.5. The summed E-state index contributed by atoms with van der Waals surface area (Å²) < 4.78 is 23.4. The van der Waals surface area contributed by atoms with Crippen molar-refractivity contribution < 1.29 is 18.3 Å². The van der Waals surface area contributed by atoms with Gasteiger partial charge in [-0.2, -0.15) is 0 Å². The van der Waals surface area contributed by atoms with E-state index in [0.717, 1.165) is 36.5 Å². The van der Waals surface area contributed by atoms with Crippen LogP contribution in [0.4, 0.5) is 0 Å². The Morgan fingerprint density at radius 3 is 2.90 bits per heavy atom. The SMILES string of the molecule is Cc1csc(C2CCCCN2CCS(=O)(=O)CC(=O)O)n1. The van der Waals surface area contributed by atoms with Gasteiger partial charge in [-0.05, 0) is 26.3 Å². The van der Waals surface area contributed by atoms with Crippen LogP contribution >= 0.6 is 11.3 Å². The minimum atomic E-state index is -3.54. The van der Waals surface area contributed by atoms with Crippen LogP contribution in [0.15, 0.2) is 5.38 Å². The molecule has 2 heterocycles. The van der Waals surface area contributed by atoms with E-state index in [1.165, 1.54) is 0 Å². The monoisotopic (exact) mass is 332 g/mol. The van der Waals surface area contributed by atoms with Crippen molar-refractivity contribution in [2.45, 2.75) is 32.2 Å². The lowest BCUT2D eigenvalue weighted by Crippen LogP contribution is -2.37. The molecule has 21 heavy (non-hydrogen) atoms. The van der Waals surface area contributed by atoms with Crippen molar-refractivity contribution in [1.82, 2.24) is 9.88 Å². The maximum Gasteiger partial charge on any atom is 0.318 e. The Bertz CT molecular complexity index is 597. The first-order valence-electron chi connectivity index (χ1n) is 6.96. The minimum absolute atomic E-state index is 0.111. The van der Waals surface area contributed by atoms with Crippen molar-refractivity contribution in [2.24, 2.45) is 0 Å². The fourth-order valence-electron chi connectivity index (χ4n) is 2.58. The zero-order valence-electron chi connectivity index (χ0n) is 12.0. The van der Waals surface area contributed by atoms with Crippen molar-refractivity contribution in [3.63, 3.8) is 0 Å². The number of sulfone groups is 1. The van der Waals surface area contributed by atoms with Gasteiger partial charge in [0.05, 0.1) is 11.8 Å². The molecule has 1 fully saturated rings. The van der Waals surface area contributed by atoms with Crippen molar-refractivity contribution in [1.29, 1.82) is 0 Å². The number of aliphatic carboxylic acids is 1. The van der Waals surface area contributed by atoms with E-state index in [9.17, 15) is 13.2 Å². The Balaban J connectivity index is 2.01. The summed E-state index contributed by atoms with van der Waals surface area (Å²) in [5, 5.41) is 11.7. The minimum Gasteiger partial charge on any atom is -0.480 e. The Morgan fingerprint density at radius 1 is 1.52 bits per heavy atom. The molecule has 0 bridgehead atoms. The number of carboxylic acids is 1. The second-order valence-corrected chi connectivity index (χ2v) is 8.43. The summed E-state index contributed by atoms with van der Waals surface area (Å²) >= 11 is 1.61. The standard InChI is InChI=1S/C13H20N2O4S2/c1-10-8-20-13(14-10)11-4-2-3-5-15(11)6-7-21(18,19)9-12(16)17/h8,11H,2-7,9H2,1H3,(H,16,17). The van der Waals surface area contributed by atoms with Crippen molar-refractivity contribution in [2.75, 3.05) is 24.6 Å². The van der Waals surface area contributed by atoms with Gasteiger partial charge in [-0.1, -0.05) is 6.42 Å². The van der Waals surface area contributed by atoms with Crippen LogP contribution in [0.1, 0.15) is 36.0 Å². The number of piperidine rings is 1. The quantitative estimate of drug-likeness (QED) is 0.849. The third-order valence-electron chi connectivity index (χ3n) is 3.57. The van der Waals surface area contributed by atoms with Crippen molar-refractivity contribution in [3.05, 3.63) is 16.1 Å². The van der Waals surface area contributed by atoms with E-state index < -0.39 is 21.6 Å². The molecule has 118 valence electrons. The maximum atomic E-state index is 11.7. The Kier molecular flexibility index (Phi) is 5.34. The van der Waals surface area contributed by atoms with Crippen LogP contribution in [0.25, 0.3) is 0 Å². The van der Waals surface area contributed by atoms with Crippen LogP contribution in [0, 0.1) is 6.92 Å². The number of nitrogens with zero attached hydrogens (tertiary/aromatic N) is 2. The molecule has 0 saturated carbocycles. The molecular formula is C13H20N2O4S2. The van der Waals surface area contributed by atoms with E-state index in [2.05, 4.69) is 9.88 Å². The number of likely N-dealkylation sites (tertiary alicyclic amines) is 1. The highest BCUT2D eigenvalue weighted by molar-refractivity contribution is 7.92. The fourth-order valence-corrected chi connectivity index (χ4v) is 4.58. The van der Waals surface area contributed by atoms with E-state index in [-0.39, 0.29) is 11.8 Å². The third-order valence-corrected chi connectivity index (χ3v) is 6.12. The number of aryl methyl sites for hydroxylation is 1. The van der Waals surface area contributed by atoms with Gasteiger partial charge in [0.25, 0.3) is 0 Å². The number of carbonyl (C=O) groups is 1. The van der Waals surface area contributed by atoms with Crippen LogP contribution in [0.2, 0.25) is 0 Å². The van der Waals surface area contributed by atoms with Gasteiger partial charge in [-0.15, -0.1) is 11.3 Å². The summed E-state index contributed by atoms with van der Waals surface area (Å²) in [6.45, 7) is 3.16. The number of thiazole rings is 1. The molecule has 2 rings (SSSR count). The highest BCUT2D eigenvalue weighted by Crippen LogP contribution is 2.32. The predicted molar refractivity (Wildman–Crippen MR) is 81.3 cm³/mol. The summed E-state index contributed by atoms with van der Waals surface area (Å²) in [5.74, 6) is -2.19. The summed E-state index contributed by atoms with van der Waals surface area (Å²) in [4.78, 5) is 17.2. The second-order valence-electron chi connectivity index (χ2n) is 5.36. The lowest BCUT2D eigenvalue weighted by molar-refractivity contribution is -0.134. The Morgan fingerprint density at radius 2 is 2.29 bits per heavy atom. The number of hydrogen-bond donors (Lipinski definition) is 1. The van der Waals surface area contributed by atoms with Gasteiger partial charge in [-0.3, -0.25) is 9.69 Å². The molecule has 0 aromatic carbocycles. The molecule has 1 aromatic heterocycles. The summed E-state index contributed by atoms with van der Waals surface area (Å²) in [6, 6.07) is 0.164. The summed E-state index contributed by atoms with van der Waals surface area (Å²) in [7, 11) is -3.54. The number of hydrogen-bond acceptors (Lipinski definition) is 6. The molecule has 1 aromatic rings. The summed E-state index contributed by atoms with van der Waals surface area (Å²) in [6.07, 6.45) is 3.13. The highest BCUT2D eigenvalue weighted by atomic mass is 32.2. The summed E-state index contributed by atoms with van der Waals surface area (Å²) in [5.41, 5.74) is 0.985. The largest absolute Gasteiger partial charge is 0.480 e. The number of carboxylic acid groups (broad SMARTS) is 1. The lowest BCUT2D eigenvalue weighted by atomic mass is 10.0. The molecule has 8 heteroatoms. The Hall–Kier alpha value is -0.990. The van der Waals surface area contributed by atoms with Crippen LogP contribution in [-0.2, 0) is 14.6 Å². The van der Waals surface area contributed by atoms with E-state index in [4.69, 9.17) is 5.11 Å². The molecule has 6 nitrogen and oxygen atoms in total. The molecule has 0 aliphatic carbocycles. The van der Waals surface area contributed by atoms with Crippen molar-refractivity contribution >= 4 is 27.1 Å². The second kappa shape index (κ2) is 6.85. The van der Waals surface area contributed by atoms with E-state index in [1.807, 2.05) is 12.3 Å². The van der Waals surface area contributed by atoms with Gasteiger partial charge in [0.2, 0.25) is 0 Å². The first-order chi connectivity index (χ1) is 9.87. The van der Waals surface area contributed by atoms with Gasteiger partial charge in [0, 0.05) is 17.6 Å². The predicted octanol–water partition coefficient (Wildman–Crippen LogP) is 1.48. The third kappa shape index (κ3) is 4.76. The van der Waals surface area contributed by atoms with Gasteiger partial charge in [-0.25, -0.2) is 13.4 Å². The molecule has 1 aliphatic heterocycles. The van der Waals surface area contributed by atoms with Gasteiger partial charge < -0.3 is 5.11 Å². The first-order valence-corrected chi connectivity index (χ1v) is 9.66. The highest BCUT2D eigenvalue weighted by Gasteiger charge is 2.27. The maximum absolute atomic E-state index is 11.7. The van der Waals surface area contributed by atoms with E-state index >= 15 is 0 Å². The normalized spacial score (nSPS) is 20.5. The molecule has 1 N–H and O–H groups in total. The molecule has 1 aliphatic rings. The van der Waals surface area contributed by atoms with Crippen LogP contribution < -0.4 is 0 Å². The topological polar surface area (TPSA) is 87.6 Å². The average Bonchev–Trinajstić information content (AvgIpc) is 2.82. The van der Waals surface area contributed by atoms with Gasteiger partial charge >= 0.3 is 5.97 Å². The van der Waals surface area contributed by atoms with Crippen LogP contribution in [-0.4, -0.2) is 54.0 Å². The average molecular weight is 332 g/mol. The molecule has 0 amide bonds. The van der Waals surface area contributed by atoms with E-state index in [1.54, 1.807) is 11.3 Å². The van der Waals surface area contributed by atoms with Crippen LogP contribution in [0.3, 0.4) is 0 Å². The molecular weight excluding hydrogens is 312 g/mol. The number of aromatic nitrogens is 1. The van der Waals surface area contributed by atoms with Crippen molar-refractivity contribution in [3.8, 4) is 0 Å². The first kappa shape index (κ1) is 16.4. The van der Waals surface area contributed by atoms with Gasteiger partial charge in [0.15, 0.2) is 9.84 Å². The fraction of sp³-hybridized carbons (Fsp3) is 0.692. The van der Waals surface area contributed by atoms with Crippen LogP contribution in [0.5, 0.6) is 0 Å². The molecule has 0 spiro atoms. The van der Waals surface area contributed by atoms with Gasteiger partial charge in [0.1, 0.15) is 10.8 Å².